The summed E-state index contributed by atoms with van der Waals surface area (Å²) in [6.07, 6.45) is 0. The maximum absolute atomic E-state index is 12.3. The van der Waals surface area contributed by atoms with Crippen LogP contribution in [0.15, 0.2) is 34.9 Å². The van der Waals surface area contributed by atoms with Gasteiger partial charge in [0.25, 0.3) is 5.91 Å². The topological polar surface area (TPSA) is 75.4 Å². The molecule has 0 spiro atoms. The van der Waals surface area contributed by atoms with Crippen LogP contribution in [-0.4, -0.2) is 42.5 Å². The smallest absolute Gasteiger partial charge is 0.257 e. The number of aromatic nitrogens is 1. The van der Waals surface area contributed by atoms with Gasteiger partial charge in [-0.3, -0.25) is 9.59 Å². The van der Waals surface area contributed by atoms with E-state index in [-0.39, 0.29) is 18.4 Å². The van der Waals surface area contributed by atoms with Crippen LogP contribution in [0.1, 0.15) is 16.1 Å². The fourth-order valence-electron chi connectivity index (χ4n) is 1.84. The molecule has 1 N–H and O–H groups in total. The highest BCUT2D eigenvalue weighted by Gasteiger charge is 2.21. The van der Waals surface area contributed by atoms with Gasteiger partial charge in [0.15, 0.2) is 0 Å². The zero-order valence-electron chi connectivity index (χ0n) is 12.2. The largest absolute Gasteiger partial charge is 0.360 e. The zero-order chi connectivity index (χ0) is 15.4. The molecule has 1 heterocycles. The monoisotopic (exact) mass is 287 g/mol. The van der Waals surface area contributed by atoms with Gasteiger partial charge in [-0.2, -0.15) is 0 Å². The average Bonchev–Trinajstić information content (AvgIpc) is 2.87. The molecule has 0 atom stereocenters. The van der Waals surface area contributed by atoms with Crippen molar-refractivity contribution in [3.8, 4) is 11.3 Å². The van der Waals surface area contributed by atoms with Crippen LogP contribution in [0.25, 0.3) is 11.3 Å². The van der Waals surface area contributed by atoms with Crippen LogP contribution >= 0.6 is 0 Å². The van der Waals surface area contributed by atoms with E-state index in [1.165, 1.54) is 4.90 Å². The second-order valence-electron chi connectivity index (χ2n) is 4.80. The molecular weight excluding hydrogens is 270 g/mol. The first kappa shape index (κ1) is 14.8. The van der Waals surface area contributed by atoms with Gasteiger partial charge >= 0.3 is 0 Å². The Hall–Kier alpha value is -2.63. The average molecular weight is 287 g/mol. The van der Waals surface area contributed by atoms with E-state index in [2.05, 4.69) is 10.5 Å². The minimum atomic E-state index is -0.372. The summed E-state index contributed by atoms with van der Waals surface area (Å²) >= 11 is 0. The Morgan fingerprint density at radius 3 is 2.52 bits per heavy atom. The van der Waals surface area contributed by atoms with Crippen molar-refractivity contribution in [2.45, 2.75) is 6.92 Å². The Labute approximate surface area is 122 Å². The van der Waals surface area contributed by atoms with Crippen LogP contribution in [-0.2, 0) is 4.79 Å². The van der Waals surface area contributed by atoms with Gasteiger partial charge in [-0.05, 0) is 6.92 Å². The minimum absolute atomic E-state index is 0.0648. The van der Waals surface area contributed by atoms with Gasteiger partial charge in [0.2, 0.25) is 5.91 Å². The molecule has 0 bridgehead atoms. The highest BCUT2D eigenvalue weighted by atomic mass is 16.5. The number of nitrogens with zero attached hydrogens (tertiary/aromatic N) is 2. The van der Waals surface area contributed by atoms with Gasteiger partial charge in [-0.15, -0.1) is 0 Å². The first-order chi connectivity index (χ1) is 10.0. The number of benzene rings is 1. The highest BCUT2D eigenvalue weighted by Crippen LogP contribution is 2.24. The van der Waals surface area contributed by atoms with Gasteiger partial charge in [-0.25, -0.2) is 0 Å². The Morgan fingerprint density at radius 2 is 1.90 bits per heavy atom. The summed E-state index contributed by atoms with van der Waals surface area (Å²) in [7, 11) is 3.27. The minimum Gasteiger partial charge on any atom is -0.360 e. The van der Waals surface area contributed by atoms with Crippen molar-refractivity contribution in [2.24, 2.45) is 0 Å². The molecule has 0 unspecified atom stereocenters. The van der Waals surface area contributed by atoms with E-state index >= 15 is 0 Å². The molecule has 0 aliphatic heterocycles. The number of aryl methyl sites for hydroxylation is 1. The lowest BCUT2D eigenvalue weighted by molar-refractivity contribution is -0.127. The Kier molecular flexibility index (Phi) is 4.37. The molecule has 6 nitrogen and oxygen atoms in total. The number of amides is 2. The molecule has 2 aromatic rings. The number of hydrogen-bond donors (Lipinski definition) is 1. The van der Waals surface area contributed by atoms with Crippen molar-refractivity contribution in [1.82, 2.24) is 15.4 Å². The van der Waals surface area contributed by atoms with E-state index in [4.69, 9.17) is 4.52 Å². The molecule has 0 saturated carbocycles. The van der Waals surface area contributed by atoms with Crippen LogP contribution in [0.2, 0.25) is 0 Å². The first-order valence-corrected chi connectivity index (χ1v) is 6.50. The molecule has 110 valence electrons. The summed E-state index contributed by atoms with van der Waals surface area (Å²) in [5, 5.41) is 6.53. The summed E-state index contributed by atoms with van der Waals surface area (Å²) in [5.74, 6) is -0.134. The molecular formula is C15H17N3O3. The van der Waals surface area contributed by atoms with Crippen LogP contribution in [0.3, 0.4) is 0 Å². The van der Waals surface area contributed by atoms with Gasteiger partial charge in [-0.1, -0.05) is 35.5 Å². The fourth-order valence-corrected chi connectivity index (χ4v) is 1.84. The molecule has 0 aliphatic carbocycles. The van der Waals surface area contributed by atoms with Crippen LogP contribution < -0.4 is 5.32 Å². The zero-order valence-corrected chi connectivity index (χ0v) is 12.2. The predicted molar refractivity (Wildman–Crippen MR) is 77.7 cm³/mol. The third kappa shape index (κ3) is 3.28. The number of rotatable bonds is 4. The van der Waals surface area contributed by atoms with Crippen molar-refractivity contribution >= 4 is 11.8 Å². The number of carbonyl (C=O) groups is 2. The quantitative estimate of drug-likeness (QED) is 0.924. The molecule has 0 saturated heterocycles. The Bertz CT molecular complexity index is 647. The van der Waals surface area contributed by atoms with Gasteiger partial charge in [0, 0.05) is 19.7 Å². The Morgan fingerprint density at radius 1 is 1.24 bits per heavy atom. The normalized spacial score (nSPS) is 10.2. The number of nitrogens with one attached hydrogen (secondary N) is 1. The van der Waals surface area contributed by atoms with E-state index in [0.29, 0.717) is 17.0 Å². The fraction of sp³-hybridized carbons (Fsp3) is 0.267. The van der Waals surface area contributed by atoms with E-state index in [1.807, 2.05) is 30.3 Å². The number of likely N-dealkylation sites (N-methyl/N-ethyl adjacent to an activating group) is 1. The summed E-state index contributed by atoms with van der Waals surface area (Å²) < 4.78 is 5.12. The molecule has 6 heteroatoms. The Balaban J connectivity index is 2.22. The third-order valence-electron chi connectivity index (χ3n) is 3.04. The number of hydrogen-bond acceptors (Lipinski definition) is 4. The molecule has 1 aromatic heterocycles. The van der Waals surface area contributed by atoms with E-state index in [1.54, 1.807) is 21.0 Å². The maximum Gasteiger partial charge on any atom is 0.257 e. The molecule has 21 heavy (non-hydrogen) atoms. The molecule has 2 amide bonds. The van der Waals surface area contributed by atoms with Crippen LogP contribution in [0.4, 0.5) is 0 Å². The third-order valence-corrected chi connectivity index (χ3v) is 3.04. The molecule has 1 aromatic carbocycles. The van der Waals surface area contributed by atoms with Gasteiger partial charge in [0.05, 0.1) is 6.54 Å². The lowest BCUT2D eigenvalue weighted by Crippen LogP contribution is -2.36. The predicted octanol–water partition coefficient (Wildman–Crippen LogP) is 1.47. The van der Waals surface area contributed by atoms with Crippen molar-refractivity contribution < 1.29 is 14.1 Å². The van der Waals surface area contributed by atoms with E-state index in [0.717, 1.165) is 5.56 Å². The van der Waals surface area contributed by atoms with Crippen LogP contribution in [0, 0.1) is 6.92 Å². The summed E-state index contributed by atoms with van der Waals surface area (Å²) in [5.41, 5.74) is 1.62. The van der Waals surface area contributed by atoms with Crippen LogP contribution in [0.5, 0.6) is 0 Å². The van der Waals surface area contributed by atoms with Crippen molar-refractivity contribution in [1.29, 1.82) is 0 Å². The molecule has 0 fully saturated rings. The SMILES string of the molecule is Cc1onc(-c2ccccc2)c1C(=O)NCC(=O)N(C)C. The van der Waals surface area contributed by atoms with Crippen molar-refractivity contribution in [3.05, 3.63) is 41.7 Å². The van der Waals surface area contributed by atoms with Crippen molar-refractivity contribution in [3.63, 3.8) is 0 Å². The number of carbonyl (C=O) groups excluding carboxylic acids is 2. The first-order valence-electron chi connectivity index (χ1n) is 6.50. The molecule has 2 rings (SSSR count). The molecule has 0 aliphatic rings. The summed E-state index contributed by atoms with van der Waals surface area (Å²) in [4.78, 5) is 25.2. The van der Waals surface area contributed by atoms with E-state index < -0.39 is 0 Å². The summed E-state index contributed by atoms with van der Waals surface area (Å²) in [6, 6.07) is 9.29. The van der Waals surface area contributed by atoms with E-state index in [9.17, 15) is 9.59 Å². The second kappa shape index (κ2) is 6.21. The van der Waals surface area contributed by atoms with Crippen molar-refractivity contribution in [2.75, 3.05) is 20.6 Å². The standard InChI is InChI=1S/C15H17N3O3/c1-10-13(15(20)16-9-12(19)18(2)3)14(17-21-10)11-7-5-4-6-8-11/h4-8H,9H2,1-3H3,(H,16,20). The highest BCUT2D eigenvalue weighted by molar-refractivity contribution is 6.02. The van der Waals surface area contributed by atoms with Gasteiger partial charge in [0.1, 0.15) is 17.0 Å². The summed E-state index contributed by atoms with van der Waals surface area (Å²) in [6.45, 7) is 1.60. The molecule has 0 radical (unpaired) electrons. The van der Waals surface area contributed by atoms with Gasteiger partial charge < -0.3 is 14.7 Å². The second-order valence-corrected chi connectivity index (χ2v) is 4.80. The maximum atomic E-state index is 12.3. The lowest BCUT2D eigenvalue weighted by atomic mass is 10.1. The lowest BCUT2D eigenvalue weighted by Gasteiger charge is -2.11.